The van der Waals surface area contributed by atoms with Crippen LogP contribution in [0.2, 0.25) is 0 Å². The number of rotatable bonds is 12. The minimum Gasteiger partial charge on any atom is -0.449 e. The lowest BCUT2D eigenvalue weighted by Crippen LogP contribution is -2.34. The Balaban J connectivity index is 3.85. The van der Waals surface area contributed by atoms with Crippen molar-refractivity contribution in [2.45, 2.75) is 51.9 Å². The normalized spacial score (nSPS) is 10.5. The standard InChI is InChI=1S/C14H31N3O2/c1-2-3-4-7-13-19-14(18)17(12-8-10-16)11-6-5-9-15/h2-13,15-16H2,1H3. The minimum absolute atomic E-state index is 0.207. The number of amides is 1. The van der Waals surface area contributed by atoms with Gasteiger partial charge in [0.1, 0.15) is 0 Å². The van der Waals surface area contributed by atoms with Crippen molar-refractivity contribution < 1.29 is 9.53 Å². The van der Waals surface area contributed by atoms with Crippen molar-refractivity contribution in [2.75, 3.05) is 32.8 Å². The van der Waals surface area contributed by atoms with Gasteiger partial charge >= 0.3 is 6.09 Å². The van der Waals surface area contributed by atoms with Crippen LogP contribution in [-0.2, 0) is 4.74 Å². The van der Waals surface area contributed by atoms with Crippen LogP contribution < -0.4 is 11.5 Å². The first-order chi connectivity index (χ1) is 9.26. The molecule has 19 heavy (non-hydrogen) atoms. The Kier molecular flexibility index (Phi) is 13.0. The summed E-state index contributed by atoms with van der Waals surface area (Å²) in [6.45, 7) is 5.33. The van der Waals surface area contributed by atoms with Crippen LogP contribution >= 0.6 is 0 Å². The van der Waals surface area contributed by atoms with Gasteiger partial charge in [0, 0.05) is 13.1 Å². The van der Waals surface area contributed by atoms with E-state index in [-0.39, 0.29) is 6.09 Å². The molecule has 0 unspecified atom stereocenters. The Labute approximate surface area is 117 Å². The zero-order valence-corrected chi connectivity index (χ0v) is 12.4. The third-order valence-electron chi connectivity index (χ3n) is 3.00. The van der Waals surface area contributed by atoms with E-state index in [2.05, 4.69) is 6.92 Å². The van der Waals surface area contributed by atoms with Crippen molar-refractivity contribution in [3.63, 3.8) is 0 Å². The zero-order valence-electron chi connectivity index (χ0n) is 12.4. The van der Waals surface area contributed by atoms with Crippen molar-refractivity contribution in [3.05, 3.63) is 0 Å². The van der Waals surface area contributed by atoms with Crippen LogP contribution in [-0.4, -0.2) is 43.8 Å². The zero-order chi connectivity index (χ0) is 14.3. The van der Waals surface area contributed by atoms with Crippen LogP contribution in [0.5, 0.6) is 0 Å². The molecule has 0 aromatic rings. The van der Waals surface area contributed by atoms with Gasteiger partial charge in [-0.25, -0.2) is 4.79 Å². The second kappa shape index (κ2) is 13.6. The number of ether oxygens (including phenoxy) is 1. The highest BCUT2D eigenvalue weighted by molar-refractivity contribution is 5.67. The minimum atomic E-state index is -0.207. The molecule has 0 spiro atoms. The van der Waals surface area contributed by atoms with Gasteiger partial charge in [-0.05, 0) is 38.8 Å². The molecule has 5 heteroatoms. The topological polar surface area (TPSA) is 81.6 Å². The SMILES string of the molecule is CCCCCCOC(=O)N(CCCN)CCCCN. The Morgan fingerprint density at radius 1 is 0.947 bits per heavy atom. The number of carbonyl (C=O) groups excluding carboxylic acids is 1. The summed E-state index contributed by atoms with van der Waals surface area (Å²) in [7, 11) is 0. The Morgan fingerprint density at radius 2 is 1.63 bits per heavy atom. The van der Waals surface area contributed by atoms with E-state index in [1.165, 1.54) is 12.8 Å². The molecule has 0 aliphatic rings. The molecule has 1 amide bonds. The molecule has 0 aromatic heterocycles. The van der Waals surface area contributed by atoms with Crippen molar-refractivity contribution in [3.8, 4) is 0 Å². The predicted octanol–water partition coefficient (Wildman–Crippen LogP) is 2.09. The molecule has 0 radical (unpaired) electrons. The average Bonchev–Trinajstić information content (AvgIpc) is 2.42. The Hall–Kier alpha value is -0.810. The number of hydrogen-bond acceptors (Lipinski definition) is 4. The quantitative estimate of drug-likeness (QED) is 0.533. The molecular formula is C14H31N3O2. The highest BCUT2D eigenvalue weighted by Crippen LogP contribution is 2.03. The van der Waals surface area contributed by atoms with Gasteiger partial charge < -0.3 is 21.1 Å². The van der Waals surface area contributed by atoms with Crippen LogP contribution in [0.4, 0.5) is 4.79 Å². The van der Waals surface area contributed by atoms with Crippen LogP contribution in [0, 0.1) is 0 Å². The molecule has 0 saturated carbocycles. The summed E-state index contributed by atoms with van der Waals surface area (Å²) in [5, 5.41) is 0. The summed E-state index contributed by atoms with van der Waals surface area (Å²) in [5.41, 5.74) is 11.0. The molecule has 0 aliphatic carbocycles. The van der Waals surface area contributed by atoms with Gasteiger partial charge in [-0.3, -0.25) is 0 Å². The first-order valence-corrected chi connectivity index (χ1v) is 7.58. The van der Waals surface area contributed by atoms with Gasteiger partial charge in [0.2, 0.25) is 0 Å². The third kappa shape index (κ3) is 10.8. The summed E-state index contributed by atoms with van der Waals surface area (Å²) in [6.07, 6.45) is 6.93. The van der Waals surface area contributed by atoms with Crippen LogP contribution in [0.25, 0.3) is 0 Å². The van der Waals surface area contributed by atoms with E-state index < -0.39 is 0 Å². The van der Waals surface area contributed by atoms with Crippen molar-refractivity contribution >= 4 is 6.09 Å². The van der Waals surface area contributed by atoms with Gasteiger partial charge in [0.25, 0.3) is 0 Å². The maximum atomic E-state index is 11.9. The van der Waals surface area contributed by atoms with Gasteiger partial charge in [-0.2, -0.15) is 0 Å². The van der Waals surface area contributed by atoms with E-state index in [0.29, 0.717) is 32.8 Å². The molecule has 114 valence electrons. The Bertz CT molecular complexity index is 213. The van der Waals surface area contributed by atoms with Crippen LogP contribution in [0.1, 0.15) is 51.9 Å². The van der Waals surface area contributed by atoms with Crippen molar-refractivity contribution in [2.24, 2.45) is 11.5 Å². The molecule has 4 N–H and O–H groups in total. The molecule has 0 atom stereocenters. The fourth-order valence-electron chi connectivity index (χ4n) is 1.80. The van der Waals surface area contributed by atoms with E-state index in [1.54, 1.807) is 4.90 Å². The molecule has 0 aliphatic heterocycles. The lowest BCUT2D eigenvalue weighted by atomic mass is 10.2. The van der Waals surface area contributed by atoms with Gasteiger partial charge in [0.05, 0.1) is 6.61 Å². The van der Waals surface area contributed by atoms with E-state index in [1.807, 2.05) is 0 Å². The highest BCUT2D eigenvalue weighted by Gasteiger charge is 2.13. The van der Waals surface area contributed by atoms with E-state index >= 15 is 0 Å². The molecule has 0 saturated heterocycles. The number of carbonyl (C=O) groups is 1. The average molecular weight is 273 g/mol. The Morgan fingerprint density at radius 3 is 2.26 bits per heavy atom. The molecular weight excluding hydrogens is 242 g/mol. The second-order valence-corrected chi connectivity index (χ2v) is 4.80. The molecule has 0 fully saturated rings. The lowest BCUT2D eigenvalue weighted by Gasteiger charge is -2.21. The molecule has 0 bridgehead atoms. The van der Waals surface area contributed by atoms with Gasteiger partial charge in [-0.15, -0.1) is 0 Å². The van der Waals surface area contributed by atoms with Crippen LogP contribution in [0.3, 0.4) is 0 Å². The summed E-state index contributed by atoms with van der Waals surface area (Å²) < 4.78 is 5.29. The number of nitrogens with two attached hydrogens (primary N) is 2. The van der Waals surface area contributed by atoms with E-state index in [0.717, 1.165) is 32.1 Å². The van der Waals surface area contributed by atoms with Crippen molar-refractivity contribution in [1.82, 2.24) is 4.90 Å². The first-order valence-electron chi connectivity index (χ1n) is 7.58. The summed E-state index contributed by atoms with van der Waals surface area (Å²) in [4.78, 5) is 13.7. The van der Waals surface area contributed by atoms with Crippen molar-refractivity contribution in [1.29, 1.82) is 0 Å². The lowest BCUT2D eigenvalue weighted by molar-refractivity contribution is 0.0996. The van der Waals surface area contributed by atoms with Gasteiger partial charge in [0.15, 0.2) is 0 Å². The monoisotopic (exact) mass is 273 g/mol. The van der Waals surface area contributed by atoms with E-state index in [9.17, 15) is 4.79 Å². The van der Waals surface area contributed by atoms with Gasteiger partial charge in [-0.1, -0.05) is 26.2 Å². The smallest absolute Gasteiger partial charge is 0.409 e. The fraction of sp³-hybridized carbons (Fsp3) is 0.929. The highest BCUT2D eigenvalue weighted by atomic mass is 16.6. The predicted molar refractivity (Wildman–Crippen MR) is 79.0 cm³/mol. The molecule has 0 heterocycles. The second-order valence-electron chi connectivity index (χ2n) is 4.80. The summed E-state index contributed by atoms with van der Waals surface area (Å²) >= 11 is 0. The third-order valence-corrected chi connectivity index (χ3v) is 3.00. The summed E-state index contributed by atoms with van der Waals surface area (Å²) in [5.74, 6) is 0. The van der Waals surface area contributed by atoms with E-state index in [4.69, 9.17) is 16.2 Å². The largest absolute Gasteiger partial charge is 0.449 e. The summed E-state index contributed by atoms with van der Waals surface area (Å²) in [6, 6.07) is 0. The maximum Gasteiger partial charge on any atom is 0.409 e. The fourth-order valence-corrected chi connectivity index (χ4v) is 1.80. The maximum absolute atomic E-state index is 11.9. The number of nitrogens with zero attached hydrogens (tertiary/aromatic N) is 1. The molecule has 5 nitrogen and oxygen atoms in total. The molecule has 0 rings (SSSR count). The number of unbranched alkanes of at least 4 members (excludes halogenated alkanes) is 4. The van der Waals surface area contributed by atoms with Crippen LogP contribution in [0.15, 0.2) is 0 Å². The number of hydrogen-bond donors (Lipinski definition) is 2. The molecule has 0 aromatic carbocycles. The first kappa shape index (κ1) is 18.2.